The molecule has 4 aromatic carbocycles. The molecule has 4 aromatic rings. The van der Waals surface area contributed by atoms with E-state index in [1.165, 1.54) is 49.6 Å². The largest absolute Gasteiger partial charge is 0.508 e. The lowest BCUT2D eigenvalue weighted by Crippen LogP contribution is -2.60. The van der Waals surface area contributed by atoms with Gasteiger partial charge in [-0.3, -0.25) is 0 Å². The Labute approximate surface area is 336 Å². The van der Waals surface area contributed by atoms with E-state index in [1.807, 2.05) is 0 Å². The minimum absolute atomic E-state index is 0.0186. The molecule has 0 saturated carbocycles. The zero-order valence-electron chi connectivity index (χ0n) is 31.2. The van der Waals surface area contributed by atoms with Gasteiger partial charge in [-0.15, -0.1) is 0 Å². The van der Waals surface area contributed by atoms with Gasteiger partial charge in [0, 0.05) is 23.3 Å². The number of rotatable bonds is 11. The van der Waals surface area contributed by atoms with Crippen molar-refractivity contribution in [2.24, 2.45) is 0 Å². The Morgan fingerprint density at radius 1 is 0.542 bits per heavy atom. The smallest absolute Gasteiger partial charge is 0.229 e. The van der Waals surface area contributed by atoms with Crippen molar-refractivity contribution in [3.05, 3.63) is 95.1 Å². The van der Waals surface area contributed by atoms with Crippen LogP contribution in [0, 0.1) is 0 Å². The van der Waals surface area contributed by atoms with Crippen LogP contribution in [-0.4, -0.2) is 138 Å². The summed E-state index contributed by atoms with van der Waals surface area (Å²) in [6.45, 7) is -1.31. The molecular weight excluding hydrogens is 780 g/mol. The van der Waals surface area contributed by atoms with E-state index in [0.717, 1.165) is 0 Å². The molecule has 18 nitrogen and oxygen atoms in total. The first kappa shape index (κ1) is 41.8. The van der Waals surface area contributed by atoms with Crippen molar-refractivity contribution in [2.45, 2.75) is 73.6 Å². The van der Waals surface area contributed by atoms with E-state index in [4.69, 9.17) is 33.2 Å². The number of aromatic hydroxyl groups is 3. The zero-order chi connectivity index (χ0) is 42.1. The van der Waals surface area contributed by atoms with Crippen molar-refractivity contribution in [2.75, 3.05) is 20.3 Å². The number of hydrogen-bond acceptors (Lipinski definition) is 18. The summed E-state index contributed by atoms with van der Waals surface area (Å²) in [7, 11) is 1.39. The summed E-state index contributed by atoms with van der Waals surface area (Å²) in [5.41, 5.74) is 1.92. The number of methoxy groups -OCH3 is 1. The summed E-state index contributed by atoms with van der Waals surface area (Å²) in [4.78, 5) is 0. The SMILES string of the molecule is COc1cc([C@H]2Oc3cc(/C=C/c4cc(O)cc(O[C@@H]5O[C@H](CO)[C@@H](O)[C@H](O)[C@H]5O)c4)ccc3O[C@@H]2c2cc(O)cc(O[C@@H]3O[C@H](CO)[C@@H](O)[C@H](O)[C@H]3O)c2)ccc1O. The van der Waals surface area contributed by atoms with Crippen molar-refractivity contribution in [1.82, 2.24) is 0 Å². The van der Waals surface area contributed by atoms with Gasteiger partial charge in [-0.1, -0.05) is 24.3 Å². The number of ether oxygens (including phenoxy) is 7. The van der Waals surface area contributed by atoms with Crippen molar-refractivity contribution >= 4 is 12.2 Å². The molecule has 3 aliphatic heterocycles. The summed E-state index contributed by atoms with van der Waals surface area (Å²) >= 11 is 0. The lowest BCUT2D eigenvalue weighted by Gasteiger charge is -2.39. The lowest BCUT2D eigenvalue weighted by atomic mass is 9.95. The minimum Gasteiger partial charge on any atom is -0.508 e. The maximum atomic E-state index is 10.8. The molecule has 316 valence electrons. The lowest BCUT2D eigenvalue weighted by molar-refractivity contribution is -0.277. The van der Waals surface area contributed by atoms with Crippen LogP contribution in [0.5, 0.6) is 46.0 Å². The maximum absolute atomic E-state index is 10.8. The maximum Gasteiger partial charge on any atom is 0.229 e. The second-order valence-electron chi connectivity index (χ2n) is 14.2. The normalized spacial score (nSPS) is 30.5. The second-order valence-corrected chi connectivity index (χ2v) is 14.2. The van der Waals surface area contributed by atoms with E-state index in [0.29, 0.717) is 33.8 Å². The van der Waals surface area contributed by atoms with Crippen molar-refractivity contribution in [3.8, 4) is 46.0 Å². The Balaban J connectivity index is 1.15. The highest BCUT2D eigenvalue weighted by atomic mass is 16.7. The van der Waals surface area contributed by atoms with E-state index in [9.17, 15) is 56.2 Å². The van der Waals surface area contributed by atoms with Gasteiger partial charge in [-0.25, -0.2) is 0 Å². The van der Waals surface area contributed by atoms with E-state index < -0.39 is 86.8 Å². The van der Waals surface area contributed by atoms with Gasteiger partial charge in [0.2, 0.25) is 12.6 Å². The van der Waals surface area contributed by atoms with Crippen molar-refractivity contribution in [3.63, 3.8) is 0 Å². The number of aliphatic hydroxyl groups is 8. The summed E-state index contributed by atoms with van der Waals surface area (Å²) in [5, 5.41) is 112. The Bertz CT molecular complexity index is 2120. The van der Waals surface area contributed by atoms with E-state index in [2.05, 4.69) is 0 Å². The zero-order valence-corrected chi connectivity index (χ0v) is 31.2. The highest BCUT2D eigenvalue weighted by Crippen LogP contribution is 2.48. The first-order chi connectivity index (χ1) is 28.3. The van der Waals surface area contributed by atoms with E-state index in [1.54, 1.807) is 42.5 Å². The third kappa shape index (κ3) is 8.82. The molecule has 59 heavy (non-hydrogen) atoms. The predicted molar refractivity (Wildman–Crippen MR) is 202 cm³/mol. The quantitative estimate of drug-likeness (QED) is 0.0923. The summed E-state index contributed by atoms with van der Waals surface area (Å²) < 4.78 is 40.8. The molecule has 0 unspecified atom stereocenters. The Hall–Kier alpha value is -5.38. The fourth-order valence-corrected chi connectivity index (χ4v) is 6.97. The standard InChI is InChI=1S/C41H44O18/c1-53-28-13-20(5-6-26(28)46)38-39(21-11-23(45)15-25(12-21)55-41-37(52)35(50)33(48)31(17-43)59-41)56-27-7-4-18(10-29(27)57-38)2-3-19-8-22(44)14-24(9-19)54-40-36(51)34(49)32(47)30(16-42)58-40/h2-15,30-52H,16-17H2,1H3/b3-2+/t30-,31-,32-,33-,34+,35+,36-,37-,38-,39-,40-,41-/m1/s1. The van der Waals surface area contributed by atoms with Gasteiger partial charge in [0.25, 0.3) is 0 Å². The summed E-state index contributed by atoms with van der Waals surface area (Å²) in [6, 6.07) is 18.0. The molecular formula is C41H44O18. The predicted octanol–water partition coefficient (Wildman–Crippen LogP) is 0.594. The van der Waals surface area contributed by atoms with Crippen LogP contribution >= 0.6 is 0 Å². The van der Waals surface area contributed by atoms with Crippen LogP contribution in [0.2, 0.25) is 0 Å². The molecule has 0 aliphatic carbocycles. The van der Waals surface area contributed by atoms with Crippen LogP contribution in [0.3, 0.4) is 0 Å². The third-order valence-electron chi connectivity index (χ3n) is 10.1. The molecule has 3 heterocycles. The van der Waals surface area contributed by atoms with Gasteiger partial charge < -0.3 is 89.3 Å². The van der Waals surface area contributed by atoms with Crippen molar-refractivity contribution < 1.29 is 89.3 Å². The highest BCUT2D eigenvalue weighted by molar-refractivity contribution is 5.72. The fourth-order valence-electron chi connectivity index (χ4n) is 6.97. The van der Waals surface area contributed by atoms with Gasteiger partial charge in [-0.05, 0) is 59.7 Å². The topological polar surface area (TPSA) is 287 Å². The first-order valence-corrected chi connectivity index (χ1v) is 18.4. The van der Waals surface area contributed by atoms with Crippen LogP contribution in [0.1, 0.15) is 34.5 Å². The number of fused-ring (bicyclic) bond motifs is 1. The monoisotopic (exact) mass is 824 g/mol. The molecule has 0 radical (unpaired) electrons. The Morgan fingerprint density at radius 3 is 1.71 bits per heavy atom. The van der Waals surface area contributed by atoms with Crippen molar-refractivity contribution in [1.29, 1.82) is 0 Å². The number of phenolic OH excluding ortho intramolecular Hbond substituents is 3. The van der Waals surface area contributed by atoms with Gasteiger partial charge in [0.05, 0.1) is 20.3 Å². The Kier molecular flexibility index (Phi) is 12.4. The molecule has 18 heteroatoms. The van der Waals surface area contributed by atoms with E-state index in [-0.39, 0.29) is 34.5 Å². The van der Waals surface area contributed by atoms with Crippen LogP contribution in [0.15, 0.2) is 72.8 Å². The highest BCUT2D eigenvalue weighted by Gasteiger charge is 2.46. The molecule has 12 atom stereocenters. The van der Waals surface area contributed by atoms with Gasteiger partial charge in [-0.2, -0.15) is 0 Å². The van der Waals surface area contributed by atoms with Crippen LogP contribution < -0.4 is 23.7 Å². The molecule has 2 fully saturated rings. The molecule has 0 spiro atoms. The van der Waals surface area contributed by atoms with Crippen LogP contribution in [0.25, 0.3) is 12.2 Å². The van der Waals surface area contributed by atoms with Crippen LogP contribution in [0.4, 0.5) is 0 Å². The average Bonchev–Trinajstić information content (AvgIpc) is 3.22. The minimum atomic E-state index is -1.71. The number of hydrogen-bond donors (Lipinski definition) is 11. The van der Waals surface area contributed by atoms with E-state index >= 15 is 0 Å². The molecule has 7 rings (SSSR count). The first-order valence-electron chi connectivity index (χ1n) is 18.4. The fraction of sp³-hybridized carbons (Fsp3) is 0.366. The number of phenols is 3. The molecule has 0 amide bonds. The molecule has 0 aromatic heterocycles. The van der Waals surface area contributed by atoms with Crippen LogP contribution in [-0.2, 0) is 9.47 Å². The molecule has 3 aliphatic rings. The van der Waals surface area contributed by atoms with Gasteiger partial charge in [0.15, 0.2) is 35.2 Å². The Morgan fingerprint density at radius 2 is 1.10 bits per heavy atom. The van der Waals surface area contributed by atoms with Gasteiger partial charge >= 0.3 is 0 Å². The number of aliphatic hydroxyl groups excluding tert-OH is 8. The third-order valence-corrected chi connectivity index (χ3v) is 10.1. The summed E-state index contributed by atoms with van der Waals surface area (Å²) in [6.07, 6.45) is -13.9. The molecule has 0 bridgehead atoms. The average molecular weight is 825 g/mol. The molecule has 2 saturated heterocycles. The summed E-state index contributed by atoms with van der Waals surface area (Å²) in [5.74, 6) is 0.212. The second kappa shape index (κ2) is 17.5. The number of benzene rings is 4. The van der Waals surface area contributed by atoms with Gasteiger partial charge in [0.1, 0.15) is 71.8 Å². The molecule has 11 N–H and O–H groups in total.